The Balaban J connectivity index is 2.14. The van der Waals surface area contributed by atoms with Crippen molar-refractivity contribution >= 4 is 17.3 Å². The highest BCUT2D eigenvalue weighted by Crippen LogP contribution is 2.40. The van der Waals surface area contributed by atoms with E-state index in [1.54, 1.807) is 25.2 Å². The zero-order valence-corrected chi connectivity index (χ0v) is 15.3. The molecule has 0 aliphatic carbocycles. The molecule has 5 nitrogen and oxygen atoms in total. The summed E-state index contributed by atoms with van der Waals surface area (Å²) in [6.45, 7) is 3.63. The molecule has 0 bridgehead atoms. The van der Waals surface area contributed by atoms with Crippen LogP contribution in [0.5, 0.6) is 0 Å². The van der Waals surface area contributed by atoms with Gasteiger partial charge in [-0.1, -0.05) is 24.3 Å². The highest BCUT2D eigenvalue weighted by molar-refractivity contribution is 7.13. The summed E-state index contributed by atoms with van der Waals surface area (Å²) in [5.41, 5.74) is 8.25. The number of thiophene rings is 1. The lowest BCUT2D eigenvalue weighted by Gasteiger charge is -2.27. The summed E-state index contributed by atoms with van der Waals surface area (Å²) in [7, 11) is 0. The van der Waals surface area contributed by atoms with E-state index < -0.39 is 11.9 Å². The van der Waals surface area contributed by atoms with Crippen molar-refractivity contribution in [3.05, 3.63) is 70.1 Å². The number of carbonyl (C=O) groups is 1. The number of esters is 1. The van der Waals surface area contributed by atoms with Crippen LogP contribution < -0.4 is 5.73 Å². The first-order valence-electron chi connectivity index (χ1n) is 8.16. The lowest BCUT2D eigenvalue weighted by atomic mass is 9.82. The lowest BCUT2D eigenvalue weighted by molar-refractivity contribution is -0.139. The Morgan fingerprint density at radius 3 is 2.85 bits per heavy atom. The Kier molecular flexibility index (Phi) is 5.10. The molecule has 0 spiro atoms. The van der Waals surface area contributed by atoms with Crippen LogP contribution in [0.4, 0.5) is 0 Å². The summed E-state index contributed by atoms with van der Waals surface area (Å²) in [5, 5.41) is 11.6. The second-order valence-electron chi connectivity index (χ2n) is 5.72. The third-order valence-corrected chi connectivity index (χ3v) is 5.05. The molecule has 1 aromatic carbocycles. The summed E-state index contributed by atoms with van der Waals surface area (Å²) in [5.74, 6) is -0.749. The molecule has 6 heteroatoms. The second-order valence-corrected chi connectivity index (χ2v) is 6.67. The third kappa shape index (κ3) is 3.22. The number of hydrogen-bond donors (Lipinski definition) is 1. The minimum Gasteiger partial charge on any atom is -0.463 e. The molecule has 2 aromatic rings. The molecule has 1 aromatic heterocycles. The van der Waals surface area contributed by atoms with Crippen molar-refractivity contribution in [2.75, 3.05) is 6.61 Å². The lowest BCUT2D eigenvalue weighted by Crippen LogP contribution is -2.25. The van der Waals surface area contributed by atoms with Crippen molar-refractivity contribution in [1.29, 1.82) is 5.26 Å². The second kappa shape index (κ2) is 7.46. The number of benzene rings is 1. The van der Waals surface area contributed by atoms with Crippen molar-refractivity contribution < 1.29 is 14.3 Å². The van der Waals surface area contributed by atoms with E-state index in [-0.39, 0.29) is 18.1 Å². The van der Waals surface area contributed by atoms with Crippen LogP contribution in [0.15, 0.2) is 64.6 Å². The fourth-order valence-corrected chi connectivity index (χ4v) is 3.73. The van der Waals surface area contributed by atoms with Crippen molar-refractivity contribution in [3.63, 3.8) is 0 Å². The molecular weight excluding hydrogens is 348 g/mol. The average Bonchev–Trinajstić information content (AvgIpc) is 3.16. The summed E-state index contributed by atoms with van der Waals surface area (Å²) >= 11 is 1.62. The molecule has 0 radical (unpaired) electrons. The molecule has 2 N–H and O–H groups in total. The van der Waals surface area contributed by atoms with Crippen LogP contribution in [0.25, 0.3) is 10.4 Å². The van der Waals surface area contributed by atoms with Gasteiger partial charge in [-0.15, -0.1) is 11.3 Å². The van der Waals surface area contributed by atoms with Gasteiger partial charge in [-0.2, -0.15) is 5.26 Å². The summed E-state index contributed by atoms with van der Waals surface area (Å²) < 4.78 is 10.6. The van der Waals surface area contributed by atoms with E-state index in [4.69, 9.17) is 15.2 Å². The maximum Gasteiger partial charge on any atom is 0.338 e. The third-order valence-electron chi connectivity index (χ3n) is 4.13. The van der Waals surface area contributed by atoms with E-state index in [9.17, 15) is 10.1 Å². The SMILES string of the molecule is CCOC(=O)C1=C(C)OC(N)=C(C#N)C1c1cccc(-c2cccs2)c1. The van der Waals surface area contributed by atoms with Crippen LogP contribution in [0, 0.1) is 11.3 Å². The zero-order valence-electron chi connectivity index (χ0n) is 14.5. The van der Waals surface area contributed by atoms with Crippen LogP contribution in [-0.2, 0) is 14.3 Å². The van der Waals surface area contributed by atoms with Gasteiger partial charge in [-0.05, 0) is 42.5 Å². The maximum absolute atomic E-state index is 12.5. The number of carbonyl (C=O) groups excluding carboxylic acids is 1. The van der Waals surface area contributed by atoms with Crippen LogP contribution in [0.1, 0.15) is 25.3 Å². The van der Waals surface area contributed by atoms with E-state index in [1.807, 2.05) is 41.8 Å². The predicted molar refractivity (Wildman–Crippen MR) is 99.7 cm³/mol. The average molecular weight is 366 g/mol. The van der Waals surface area contributed by atoms with E-state index in [2.05, 4.69) is 6.07 Å². The maximum atomic E-state index is 12.5. The number of nitrogens with zero attached hydrogens (tertiary/aromatic N) is 1. The van der Waals surface area contributed by atoms with Crippen LogP contribution in [-0.4, -0.2) is 12.6 Å². The Labute approximate surface area is 156 Å². The first-order chi connectivity index (χ1) is 12.6. The molecule has 0 saturated heterocycles. The molecule has 1 atom stereocenters. The molecule has 0 saturated carbocycles. The number of rotatable bonds is 4. The van der Waals surface area contributed by atoms with E-state index in [0.29, 0.717) is 11.3 Å². The quantitative estimate of drug-likeness (QED) is 0.825. The highest BCUT2D eigenvalue weighted by atomic mass is 32.1. The Hall–Kier alpha value is -3.04. The molecule has 0 fully saturated rings. The van der Waals surface area contributed by atoms with Gasteiger partial charge in [0.25, 0.3) is 0 Å². The number of ether oxygens (including phenoxy) is 2. The smallest absolute Gasteiger partial charge is 0.338 e. The molecule has 3 rings (SSSR count). The molecule has 2 heterocycles. The van der Waals surface area contributed by atoms with Gasteiger partial charge in [0.1, 0.15) is 17.4 Å². The normalized spacial score (nSPS) is 16.9. The largest absolute Gasteiger partial charge is 0.463 e. The van der Waals surface area contributed by atoms with Crippen molar-refractivity contribution in [3.8, 4) is 16.5 Å². The monoisotopic (exact) mass is 366 g/mol. The Bertz CT molecular complexity index is 936. The van der Waals surface area contributed by atoms with Crippen molar-refractivity contribution in [2.45, 2.75) is 19.8 Å². The minimum absolute atomic E-state index is 0.0181. The fraction of sp³-hybridized carbons (Fsp3) is 0.200. The van der Waals surface area contributed by atoms with E-state index in [0.717, 1.165) is 16.0 Å². The topological polar surface area (TPSA) is 85.3 Å². The van der Waals surface area contributed by atoms with Gasteiger partial charge in [0.2, 0.25) is 5.88 Å². The van der Waals surface area contributed by atoms with Gasteiger partial charge < -0.3 is 15.2 Å². The van der Waals surface area contributed by atoms with Gasteiger partial charge in [0.05, 0.1) is 18.1 Å². The van der Waals surface area contributed by atoms with Gasteiger partial charge in [0, 0.05) is 4.88 Å². The summed E-state index contributed by atoms with van der Waals surface area (Å²) in [6.07, 6.45) is 0. The van der Waals surface area contributed by atoms with Crippen LogP contribution in [0.3, 0.4) is 0 Å². The number of hydrogen-bond acceptors (Lipinski definition) is 6. The first kappa shape index (κ1) is 17.8. The molecule has 132 valence electrons. The number of nitriles is 1. The predicted octanol–water partition coefficient (Wildman–Crippen LogP) is 4.06. The van der Waals surface area contributed by atoms with Gasteiger partial charge >= 0.3 is 5.97 Å². The van der Waals surface area contributed by atoms with Gasteiger partial charge in [0.15, 0.2) is 0 Å². The van der Waals surface area contributed by atoms with Crippen LogP contribution >= 0.6 is 11.3 Å². The molecule has 26 heavy (non-hydrogen) atoms. The van der Waals surface area contributed by atoms with E-state index in [1.165, 1.54) is 0 Å². The summed E-state index contributed by atoms with van der Waals surface area (Å²) in [6, 6.07) is 13.8. The van der Waals surface area contributed by atoms with Crippen molar-refractivity contribution in [2.24, 2.45) is 5.73 Å². The number of nitrogens with two attached hydrogens (primary N) is 1. The standard InChI is InChI=1S/C20H18N2O3S/c1-3-24-20(23)17-12(2)25-19(22)15(11-21)18(17)14-7-4-6-13(10-14)16-8-5-9-26-16/h4-10,18H,3,22H2,1-2H3. The van der Waals surface area contributed by atoms with Gasteiger partial charge in [-0.3, -0.25) is 0 Å². The fourth-order valence-electron chi connectivity index (χ4n) is 3.00. The zero-order chi connectivity index (χ0) is 18.7. The first-order valence-corrected chi connectivity index (χ1v) is 9.04. The highest BCUT2D eigenvalue weighted by Gasteiger charge is 2.36. The summed E-state index contributed by atoms with van der Waals surface area (Å²) in [4.78, 5) is 13.6. The minimum atomic E-state index is -0.618. The van der Waals surface area contributed by atoms with Gasteiger partial charge in [-0.25, -0.2) is 4.79 Å². The van der Waals surface area contributed by atoms with E-state index >= 15 is 0 Å². The Morgan fingerprint density at radius 2 is 2.19 bits per heavy atom. The molecule has 1 unspecified atom stereocenters. The van der Waals surface area contributed by atoms with Crippen LogP contribution in [0.2, 0.25) is 0 Å². The van der Waals surface area contributed by atoms with Crippen molar-refractivity contribution in [1.82, 2.24) is 0 Å². The molecular formula is C20H18N2O3S. The molecule has 1 aliphatic rings. The number of allylic oxidation sites excluding steroid dienone is 2. The molecule has 1 aliphatic heterocycles. The molecule has 0 amide bonds. The Morgan fingerprint density at radius 1 is 1.38 bits per heavy atom.